The largest absolute Gasteiger partial charge is 0.486 e. The third-order valence-corrected chi connectivity index (χ3v) is 4.32. The lowest BCUT2D eigenvalue weighted by molar-refractivity contribution is 0.0953. The van der Waals surface area contributed by atoms with E-state index >= 15 is 0 Å². The Morgan fingerprint density at radius 2 is 1.92 bits per heavy atom. The summed E-state index contributed by atoms with van der Waals surface area (Å²) in [7, 11) is 0. The van der Waals surface area contributed by atoms with E-state index in [0.29, 0.717) is 54.9 Å². The van der Waals surface area contributed by atoms with Crippen molar-refractivity contribution in [2.24, 2.45) is 0 Å². The SMILES string of the molecule is CCCNC(=O)c1cccc(CNCc2cc(Cl)c3c(c2)OCCO3)c1. The highest BCUT2D eigenvalue weighted by Gasteiger charge is 2.16. The van der Waals surface area contributed by atoms with Gasteiger partial charge < -0.3 is 20.1 Å². The number of benzene rings is 2. The normalized spacial score (nSPS) is 12.7. The molecule has 26 heavy (non-hydrogen) atoms. The number of amides is 1. The van der Waals surface area contributed by atoms with Crippen LogP contribution in [-0.2, 0) is 13.1 Å². The third kappa shape index (κ3) is 4.68. The summed E-state index contributed by atoms with van der Waals surface area (Å²) in [6.45, 7) is 5.07. The van der Waals surface area contributed by atoms with Crippen LogP contribution in [0.25, 0.3) is 0 Å². The number of halogens is 1. The molecule has 6 heteroatoms. The van der Waals surface area contributed by atoms with Gasteiger partial charge in [-0.3, -0.25) is 4.79 Å². The Morgan fingerprint density at radius 3 is 2.77 bits per heavy atom. The number of rotatable bonds is 7. The molecule has 0 aromatic heterocycles. The van der Waals surface area contributed by atoms with E-state index in [2.05, 4.69) is 10.6 Å². The third-order valence-electron chi connectivity index (χ3n) is 4.04. The first kappa shape index (κ1) is 18.5. The van der Waals surface area contributed by atoms with Gasteiger partial charge in [0.2, 0.25) is 0 Å². The van der Waals surface area contributed by atoms with Gasteiger partial charge in [0.1, 0.15) is 13.2 Å². The second kappa shape index (κ2) is 8.92. The van der Waals surface area contributed by atoms with E-state index in [4.69, 9.17) is 21.1 Å². The van der Waals surface area contributed by atoms with Crippen molar-refractivity contribution >= 4 is 17.5 Å². The lowest BCUT2D eigenvalue weighted by atomic mass is 10.1. The summed E-state index contributed by atoms with van der Waals surface area (Å²) in [5, 5.41) is 6.83. The minimum atomic E-state index is -0.0349. The minimum absolute atomic E-state index is 0.0349. The first-order valence-electron chi connectivity index (χ1n) is 8.83. The molecule has 2 aromatic rings. The van der Waals surface area contributed by atoms with E-state index in [1.54, 1.807) is 0 Å². The summed E-state index contributed by atoms with van der Waals surface area (Å²) >= 11 is 6.26. The Kier molecular flexibility index (Phi) is 6.36. The number of fused-ring (bicyclic) bond motifs is 1. The lowest BCUT2D eigenvalue weighted by Gasteiger charge is -2.20. The van der Waals surface area contributed by atoms with E-state index in [-0.39, 0.29) is 5.91 Å². The number of hydrogen-bond donors (Lipinski definition) is 2. The summed E-state index contributed by atoms with van der Waals surface area (Å²) in [4.78, 5) is 12.1. The van der Waals surface area contributed by atoms with Gasteiger partial charge in [0.05, 0.1) is 5.02 Å². The number of carbonyl (C=O) groups is 1. The van der Waals surface area contributed by atoms with E-state index < -0.39 is 0 Å². The highest BCUT2D eigenvalue weighted by atomic mass is 35.5. The molecular formula is C20H23ClN2O3. The molecule has 138 valence electrons. The highest BCUT2D eigenvalue weighted by molar-refractivity contribution is 6.32. The molecule has 0 atom stereocenters. The predicted molar refractivity (Wildman–Crippen MR) is 102 cm³/mol. The molecule has 3 rings (SSSR count). The van der Waals surface area contributed by atoms with Gasteiger partial charge in [-0.2, -0.15) is 0 Å². The Hall–Kier alpha value is -2.24. The van der Waals surface area contributed by atoms with Gasteiger partial charge in [0.15, 0.2) is 11.5 Å². The highest BCUT2D eigenvalue weighted by Crippen LogP contribution is 2.38. The Labute approximate surface area is 158 Å². The van der Waals surface area contributed by atoms with Crippen molar-refractivity contribution in [3.63, 3.8) is 0 Å². The molecule has 0 fully saturated rings. The average Bonchev–Trinajstić information content (AvgIpc) is 2.66. The first-order valence-corrected chi connectivity index (χ1v) is 9.21. The maximum Gasteiger partial charge on any atom is 0.251 e. The van der Waals surface area contributed by atoms with Gasteiger partial charge in [-0.25, -0.2) is 0 Å². The summed E-state index contributed by atoms with van der Waals surface area (Å²) in [6.07, 6.45) is 0.922. The number of carbonyl (C=O) groups excluding carboxylic acids is 1. The summed E-state index contributed by atoms with van der Waals surface area (Å²) in [5.74, 6) is 1.27. The van der Waals surface area contributed by atoms with E-state index in [1.165, 1.54) is 0 Å². The van der Waals surface area contributed by atoms with Crippen molar-refractivity contribution in [3.8, 4) is 11.5 Å². The van der Waals surface area contributed by atoms with Gasteiger partial charge in [0, 0.05) is 25.2 Å². The van der Waals surface area contributed by atoms with Gasteiger partial charge in [0.25, 0.3) is 5.91 Å². The standard InChI is InChI=1S/C20H23ClN2O3/c1-2-6-23-20(24)16-5-3-4-14(9-16)12-22-13-15-10-17(21)19-18(11-15)25-7-8-26-19/h3-5,9-11,22H,2,6-8,12-13H2,1H3,(H,23,24). The van der Waals surface area contributed by atoms with Gasteiger partial charge >= 0.3 is 0 Å². The molecule has 2 aromatic carbocycles. The molecule has 5 nitrogen and oxygen atoms in total. The van der Waals surface area contributed by atoms with E-state index in [1.807, 2.05) is 43.3 Å². The monoisotopic (exact) mass is 374 g/mol. The summed E-state index contributed by atoms with van der Waals surface area (Å²) in [6, 6.07) is 11.5. The molecule has 0 radical (unpaired) electrons. The molecule has 1 aliphatic rings. The molecule has 0 saturated heterocycles. The van der Waals surface area contributed by atoms with Gasteiger partial charge in [-0.15, -0.1) is 0 Å². The zero-order chi connectivity index (χ0) is 18.4. The van der Waals surface area contributed by atoms with Crippen LogP contribution in [0.4, 0.5) is 0 Å². The van der Waals surface area contributed by atoms with Gasteiger partial charge in [-0.1, -0.05) is 30.7 Å². The molecule has 1 heterocycles. The molecule has 1 amide bonds. The maximum absolute atomic E-state index is 12.1. The van der Waals surface area contributed by atoms with Crippen LogP contribution >= 0.6 is 11.6 Å². The topological polar surface area (TPSA) is 59.6 Å². The fraction of sp³-hybridized carbons (Fsp3) is 0.350. The molecule has 0 saturated carbocycles. The molecule has 0 aliphatic carbocycles. The van der Waals surface area contributed by atoms with Gasteiger partial charge in [-0.05, 0) is 41.8 Å². The van der Waals surface area contributed by atoms with Crippen LogP contribution in [0.15, 0.2) is 36.4 Å². The fourth-order valence-electron chi connectivity index (χ4n) is 2.78. The van der Waals surface area contributed by atoms with Crippen molar-refractivity contribution in [1.29, 1.82) is 0 Å². The second-order valence-corrected chi connectivity index (χ2v) is 6.57. The number of hydrogen-bond acceptors (Lipinski definition) is 4. The predicted octanol–water partition coefficient (Wildman–Crippen LogP) is 3.54. The molecule has 1 aliphatic heterocycles. The van der Waals surface area contributed by atoms with Crippen LogP contribution < -0.4 is 20.1 Å². The van der Waals surface area contributed by atoms with Crippen LogP contribution in [0.3, 0.4) is 0 Å². The number of ether oxygens (including phenoxy) is 2. The lowest BCUT2D eigenvalue weighted by Crippen LogP contribution is -2.24. The first-order chi connectivity index (χ1) is 12.7. The van der Waals surface area contributed by atoms with Crippen molar-refractivity contribution < 1.29 is 14.3 Å². The quantitative estimate of drug-likeness (QED) is 0.778. The van der Waals surface area contributed by atoms with E-state index in [9.17, 15) is 4.79 Å². The maximum atomic E-state index is 12.1. The Bertz CT molecular complexity index is 780. The van der Waals surface area contributed by atoms with Crippen LogP contribution in [0.2, 0.25) is 5.02 Å². The average molecular weight is 375 g/mol. The molecule has 0 spiro atoms. The van der Waals surface area contributed by atoms with Crippen LogP contribution in [0.5, 0.6) is 11.5 Å². The van der Waals surface area contributed by atoms with Crippen molar-refractivity contribution in [3.05, 3.63) is 58.1 Å². The summed E-state index contributed by atoms with van der Waals surface area (Å²) in [5.41, 5.74) is 2.76. The van der Waals surface area contributed by atoms with Crippen LogP contribution in [0.1, 0.15) is 34.8 Å². The Morgan fingerprint density at radius 1 is 1.12 bits per heavy atom. The van der Waals surface area contributed by atoms with Crippen molar-refractivity contribution in [1.82, 2.24) is 10.6 Å². The zero-order valence-electron chi connectivity index (χ0n) is 14.8. The summed E-state index contributed by atoms with van der Waals surface area (Å²) < 4.78 is 11.1. The zero-order valence-corrected chi connectivity index (χ0v) is 15.6. The second-order valence-electron chi connectivity index (χ2n) is 6.16. The molecule has 0 unspecified atom stereocenters. The van der Waals surface area contributed by atoms with E-state index in [0.717, 1.165) is 17.5 Å². The Balaban J connectivity index is 1.58. The van der Waals surface area contributed by atoms with Crippen molar-refractivity contribution in [2.75, 3.05) is 19.8 Å². The number of nitrogens with one attached hydrogen (secondary N) is 2. The molecule has 2 N–H and O–H groups in total. The smallest absolute Gasteiger partial charge is 0.251 e. The van der Waals surface area contributed by atoms with Crippen LogP contribution in [-0.4, -0.2) is 25.7 Å². The minimum Gasteiger partial charge on any atom is -0.486 e. The van der Waals surface area contributed by atoms with Crippen molar-refractivity contribution in [2.45, 2.75) is 26.4 Å². The molecule has 0 bridgehead atoms. The van der Waals surface area contributed by atoms with Crippen LogP contribution in [0, 0.1) is 0 Å². The fourth-order valence-corrected chi connectivity index (χ4v) is 3.07. The molecular weight excluding hydrogens is 352 g/mol.